The molecule has 1 amide bonds. The molecule has 0 radical (unpaired) electrons. The summed E-state index contributed by atoms with van der Waals surface area (Å²) in [5.74, 6) is 0.998. The maximum Gasteiger partial charge on any atom is 0.220 e. The van der Waals surface area contributed by atoms with E-state index in [0.717, 1.165) is 19.3 Å². The molecule has 62 valence electrons. The Labute approximate surface area is 71.1 Å². The van der Waals surface area contributed by atoms with Crippen LogP contribution in [0.25, 0.3) is 0 Å². The molecule has 0 aromatic rings. The quantitative estimate of drug-likeness (QED) is 0.594. The lowest BCUT2D eigenvalue weighted by atomic mass is 9.88. The first kappa shape index (κ1) is 7.41. The molecule has 2 bridgehead atoms. The van der Waals surface area contributed by atoms with Crippen molar-refractivity contribution >= 4 is 17.5 Å². The Morgan fingerprint density at radius 3 is 2.45 bits per heavy atom. The summed E-state index contributed by atoms with van der Waals surface area (Å²) in [7, 11) is 0. The topological polar surface area (TPSA) is 43.1 Å². The number of carbonyl (C=O) groups excluding carboxylic acids is 1. The van der Waals surface area contributed by atoms with Crippen LogP contribution in [0.2, 0.25) is 0 Å². The first-order valence-corrected chi connectivity index (χ1v) is 4.55. The standard InChI is InChI=1S/C8H12ClNO/c9-7-3-4-1-5(7)6(2-4)8(10)11/h4-7H,1-3H2,(H2,10,11)/t4-,5+,6+,7+/m0/s1. The van der Waals surface area contributed by atoms with Crippen LogP contribution in [-0.2, 0) is 4.79 Å². The smallest absolute Gasteiger partial charge is 0.220 e. The Morgan fingerprint density at radius 1 is 1.36 bits per heavy atom. The summed E-state index contributed by atoms with van der Waals surface area (Å²) < 4.78 is 0. The maximum atomic E-state index is 10.9. The van der Waals surface area contributed by atoms with Gasteiger partial charge in [-0.2, -0.15) is 0 Å². The summed E-state index contributed by atoms with van der Waals surface area (Å²) in [6.45, 7) is 0. The van der Waals surface area contributed by atoms with Crippen LogP contribution in [0.15, 0.2) is 0 Å². The second kappa shape index (κ2) is 2.37. The average Bonchev–Trinajstić information content (AvgIpc) is 2.43. The van der Waals surface area contributed by atoms with Gasteiger partial charge in [-0.3, -0.25) is 4.79 Å². The van der Waals surface area contributed by atoms with Crippen molar-refractivity contribution in [1.29, 1.82) is 0 Å². The van der Waals surface area contributed by atoms with Gasteiger partial charge in [-0.25, -0.2) is 0 Å². The van der Waals surface area contributed by atoms with Gasteiger partial charge in [0.25, 0.3) is 0 Å². The lowest BCUT2D eigenvalue weighted by Crippen LogP contribution is -2.32. The fraction of sp³-hybridized carbons (Fsp3) is 0.875. The van der Waals surface area contributed by atoms with Crippen LogP contribution in [0.4, 0.5) is 0 Å². The van der Waals surface area contributed by atoms with Gasteiger partial charge >= 0.3 is 0 Å². The van der Waals surface area contributed by atoms with E-state index in [2.05, 4.69) is 0 Å². The predicted octanol–water partition coefficient (Wildman–Crippen LogP) is 1.13. The van der Waals surface area contributed by atoms with Gasteiger partial charge in [-0.1, -0.05) is 0 Å². The molecule has 0 unspecified atom stereocenters. The maximum absolute atomic E-state index is 10.9. The van der Waals surface area contributed by atoms with Crippen LogP contribution in [0.1, 0.15) is 19.3 Å². The van der Waals surface area contributed by atoms with E-state index < -0.39 is 0 Å². The van der Waals surface area contributed by atoms with E-state index in [0.29, 0.717) is 11.8 Å². The van der Waals surface area contributed by atoms with E-state index in [1.807, 2.05) is 0 Å². The van der Waals surface area contributed by atoms with E-state index in [-0.39, 0.29) is 17.2 Å². The number of carbonyl (C=O) groups is 1. The van der Waals surface area contributed by atoms with Crippen LogP contribution in [-0.4, -0.2) is 11.3 Å². The van der Waals surface area contributed by atoms with Gasteiger partial charge in [0.05, 0.1) is 0 Å². The van der Waals surface area contributed by atoms with Crippen molar-refractivity contribution in [3.8, 4) is 0 Å². The highest BCUT2D eigenvalue weighted by Crippen LogP contribution is 2.50. The first-order chi connectivity index (χ1) is 5.18. The molecule has 2 fully saturated rings. The van der Waals surface area contributed by atoms with Crippen molar-refractivity contribution in [1.82, 2.24) is 0 Å². The lowest BCUT2D eigenvalue weighted by Gasteiger charge is -2.22. The third-order valence-electron chi connectivity index (χ3n) is 3.10. The minimum atomic E-state index is -0.150. The number of hydrogen-bond acceptors (Lipinski definition) is 1. The normalized spacial score (nSPS) is 48.1. The number of hydrogen-bond donors (Lipinski definition) is 1. The molecule has 0 aromatic carbocycles. The van der Waals surface area contributed by atoms with Crippen LogP contribution in [0.3, 0.4) is 0 Å². The number of nitrogens with two attached hydrogens (primary N) is 1. The minimum absolute atomic E-state index is 0.0799. The molecule has 2 rings (SSSR count). The summed E-state index contributed by atoms with van der Waals surface area (Å²) in [6.07, 6.45) is 3.21. The molecule has 2 saturated carbocycles. The fourth-order valence-corrected chi connectivity index (χ4v) is 3.12. The van der Waals surface area contributed by atoms with Crippen molar-refractivity contribution < 1.29 is 4.79 Å². The van der Waals surface area contributed by atoms with Crippen molar-refractivity contribution in [3.63, 3.8) is 0 Å². The van der Waals surface area contributed by atoms with Crippen LogP contribution >= 0.6 is 11.6 Å². The summed E-state index contributed by atoms with van der Waals surface area (Å²) in [5.41, 5.74) is 5.25. The molecule has 11 heavy (non-hydrogen) atoms. The molecular formula is C8H12ClNO. The molecule has 4 atom stereocenters. The van der Waals surface area contributed by atoms with Gasteiger partial charge in [0.15, 0.2) is 0 Å². The zero-order chi connectivity index (χ0) is 8.01. The molecule has 0 aliphatic heterocycles. The third-order valence-corrected chi connectivity index (χ3v) is 3.60. The van der Waals surface area contributed by atoms with Crippen molar-refractivity contribution in [2.24, 2.45) is 23.5 Å². The number of fused-ring (bicyclic) bond motifs is 2. The number of primary amides is 1. The minimum Gasteiger partial charge on any atom is -0.369 e. The number of halogens is 1. The average molecular weight is 174 g/mol. The molecule has 2 nitrogen and oxygen atoms in total. The van der Waals surface area contributed by atoms with E-state index in [9.17, 15) is 4.79 Å². The molecule has 3 heteroatoms. The van der Waals surface area contributed by atoms with Crippen molar-refractivity contribution in [2.75, 3.05) is 0 Å². The molecule has 2 aliphatic rings. The Bertz CT molecular complexity index is 195. The van der Waals surface area contributed by atoms with Crippen LogP contribution in [0, 0.1) is 17.8 Å². The van der Waals surface area contributed by atoms with Gasteiger partial charge < -0.3 is 5.73 Å². The molecule has 2 N–H and O–H groups in total. The summed E-state index contributed by atoms with van der Waals surface area (Å²) in [4.78, 5) is 10.9. The molecule has 0 heterocycles. The number of rotatable bonds is 1. The Morgan fingerprint density at radius 2 is 2.09 bits per heavy atom. The molecule has 0 aromatic heterocycles. The largest absolute Gasteiger partial charge is 0.369 e. The second-order valence-corrected chi connectivity index (χ2v) is 4.32. The third kappa shape index (κ3) is 1.04. The summed E-state index contributed by atoms with van der Waals surface area (Å²) in [5, 5.41) is 0.214. The van der Waals surface area contributed by atoms with Crippen molar-refractivity contribution in [2.45, 2.75) is 24.6 Å². The predicted molar refractivity (Wildman–Crippen MR) is 43.2 cm³/mol. The van der Waals surface area contributed by atoms with Gasteiger partial charge in [0.1, 0.15) is 0 Å². The monoisotopic (exact) mass is 173 g/mol. The Balaban J connectivity index is 2.12. The number of alkyl halides is 1. The SMILES string of the molecule is NC(=O)[C@@H]1C[C@@H]2C[C@H]1[C@H](Cl)C2. The van der Waals surface area contributed by atoms with Gasteiger partial charge in [-0.05, 0) is 31.1 Å². The van der Waals surface area contributed by atoms with E-state index in [4.69, 9.17) is 17.3 Å². The van der Waals surface area contributed by atoms with Gasteiger partial charge in [0, 0.05) is 11.3 Å². The molecular weight excluding hydrogens is 162 g/mol. The van der Waals surface area contributed by atoms with Crippen LogP contribution in [0.5, 0.6) is 0 Å². The number of amides is 1. The molecule has 0 saturated heterocycles. The zero-order valence-electron chi connectivity index (χ0n) is 6.29. The Kier molecular flexibility index (Phi) is 1.60. The highest BCUT2D eigenvalue weighted by molar-refractivity contribution is 6.21. The first-order valence-electron chi connectivity index (χ1n) is 4.12. The van der Waals surface area contributed by atoms with E-state index in [1.165, 1.54) is 0 Å². The van der Waals surface area contributed by atoms with Gasteiger partial charge in [0.2, 0.25) is 5.91 Å². The fourth-order valence-electron chi connectivity index (χ4n) is 2.59. The summed E-state index contributed by atoms with van der Waals surface area (Å²) in [6, 6.07) is 0. The summed E-state index contributed by atoms with van der Waals surface area (Å²) >= 11 is 6.04. The van der Waals surface area contributed by atoms with E-state index in [1.54, 1.807) is 0 Å². The van der Waals surface area contributed by atoms with Crippen LogP contribution < -0.4 is 5.73 Å². The van der Waals surface area contributed by atoms with Crippen molar-refractivity contribution in [3.05, 3.63) is 0 Å². The van der Waals surface area contributed by atoms with E-state index >= 15 is 0 Å². The zero-order valence-corrected chi connectivity index (χ0v) is 7.05. The highest BCUT2D eigenvalue weighted by Gasteiger charge is 2.47. The Hall–Kier alpha value is -0.240. The van der Waals surface area contributed by atoms with Gasteiger partial charge in [-0.15, -0.1) is 11.6 Å². The molecule has 2 aliphatic carbocycles. The second-order valence-electron chi connectivity index (χ2n) is 3.76. The molecule has 0 spiro atoms. The lowest BCUT2D eigenvalue weighted by molar-refractivity contribution is -0.123. The highest BCUT2D eigenvalue weighted by atomic mass is 35.5.